The second-order valence-corrected chi connectivity index (χ2v) is 7.08. The van der Waals surface area contributed by atoms with Gasteiger partial charge in [0.25, 0.3) is 10.0 Å². The maximum atomic E-state index is 12.5. The number of hydrogen-bond acceptors (Lipinski definition) is 4. The van der Waals surface area contributed by atoms with E-state index in [1.54, 1.807) is 49.4 Å². The maximum absolute atomic E-state index is 12.5. The van der Waals surface area contributed by atoms with Gasteiger partial charge in [-0.1, -0.05) is 23.8 Å². The maximum Gasteiger partial charge on any atom is 0.347 e. The highest BCUT2D eigenvalue weighted by molar-refractivity contribution is 7.92. The Bertz CT molecular complexity index is 1030. The Kier molecular flexibility index (Phi) is 3.98. The number of hydrogen-bond donors (Lipinski definition) is 2. The third kappa shape index (κ3) is 2.95. The number of anilines is 1. The SMILES string of the molecule is Cc1ccc(S(=O)(=O)Nc2cccc(-n3cn[nH]c3=O)c2C)cc1. The number of benzene rings is 2. The summed E-state index contributed by atoms with van der Waals surface area (Å²) >= 11 is 0. The fourth-order valence-corrected chi connectivity index (χ4v) is 3.46. The summed E-state index contributed by atoms with van der Waals surface area (Å²) in [5.41, 5.74) is 2.17. The van der Waals surface area contributed by atoms with Crippen molar-refractivity contribution < 1.29 is 8.42 Å². The molecule has 7 nitrogen and oxygen atoms in total. The van der Waals surface area contributed by atoms with Crippen LogP contribution in [0.1, 0.15) is 11.1 Å². The molecule has 0 bridgehead atoms. The first-order valence-electron chi connectivity index (χ1n) is 7.20. The van der Waals surface area contributed by atoms with E-state index in [0.717, 1.165) is 5.56 Å². The Morgan fingerprint density at radius 1 is 1.08 bits per heavy atom. The Balaban J connectivity index is 2.01. The molecule has 0 saturated carbocycles. The Morgan fingerprint density at radius 2 is 1.79 bits per heavy atom. The number of sulfonamides is 1. The molecule has 3 rings (SSSR count). The van der Waals surface area contributed by atoms with Crippen LogP contribution in [0.2, 0.25) is 0 Å². The number of aromatic amines is 1. The van der Waals surface area contributed by atoms with Crippen LogP contribution in [0.3, 0.4) is 0 Å². The summed E-state index contributed by atoms with van der Waals surface area (Å²) in [6.07, 6.45) is 1.35. The lowest BCUT2D eigenvalue weighted by Crippen LogP contribution is -2.17. The Hall–Kier alpha value is -2.87. The number of rotatable bonds is 4. The summed E-state index contributed by atoms with van der Waals surface area (Å²) in [4.78, 5) is 11.9. The van der Waals surface area contributed by atoms with E-state index in [0.29, 0.717) is 16.9 Å². The predicted molar refractivity (Wildman–Crippen MR) is 90.9 cm³/mol. The zero-order chi connectivity index (χ0) is 17.3. The molecule has 8 heteroatoms. The van der Waals surface area contributed by atoms with Gasteiger partial charge in [-0.05, 0) is 43.7 Å². The topological polar surface area (TPSA) is 96.8 Å². The van der Waals surface area contributed by atoms with E-state index in [9.17, 15) is 13.2 Å². The van der Waals surface area contributed by atoms with Crippen LogP contribution in [-0.2, 0) is 10.0 Å². The van der Waals surface area contributed by atoms with Gasteiger partial charge in [-0.3, -0.25) is 4.72 Å². The van der Waals surface area contributed by atoms with Crippen molar-refractivity contribution in [3.63, 3.8) is 0 Å². The standard InChI is InChI=1S/C16H16N4O3S/c1-11-6-8-13(9-7-11)24(22,23)19-14-4-3-5-15(12(14)2)20-10-17-18-16(20)21/h3-10,19H,1-2H3,(H,18,21). The van der Waals surface area contributed by atoms with Crippen LogP contribution in [0, 0.1) is 13.8 Å². The zero-order valence-electron chi connectivity index (χ0n) is 13.1. The second kappa shape index (κ2) is 5.97. The molecule has 24 heavy (non-hydrogen) atoms. The summed E-state index contributed by atoms with van der Waals surface area (Å²) in [6, 6.07) is 11.6. The van der Waals surface area contributed by atoms with Crippen LogP contribution in [-0.4, -0.2) is 23.2 Å². The highest BCUT2D eigenvalue weighted by Crippen LogP contribution is 2.24. The molecule has 0 aliphatic heterocycles. The number of aryl methyl sites for hydroxylation is 1. The minimum absolute atomic E-state index is 0.179. The van der Waals surface area contributed by atoms with Crippen molar-refractivity contribution in [2.75, 3.05) is 4.72 Å². The molecule has 1 aromatic heterocycles. The first kappa shape index (κ1) is 16.0. The molecule has 0 amide bonds. The molecule has 2 N–H and O–H groups in total. The van der Waals surface area contributed by atoms with Crippen LogP contribution in [0.5, 0.6) is 0 Å². The van der Waals surface area contributed by atoms with Crippen molar-refractivity contribution >= 4 is 15.7 Å². The van der Waals surface area contributed by atoms with Gasteiger partial charge in [0.2, 0.25) is 0 Å². The summed E-state index contributed by atoms with van der Waals surface area (Å²) in [6.45, 7) is 3.63. The average molecular weight is 344 g/mol. The third-order valence-corrected chi connectivity index (χ3v) is 5.07. The number of nitrogens with zero attached hydrogens (tertiary/aromatic N) is 2. The molecule has 0 saturated heterocycles. The van der Waals surface area contributed by atoms with Gasteiger partial charge < -0.3 is 0 Å². The summed E-state index contributed by atoms with van der Waals surface area (Å²) in [5.74, 6) is 0. The summed E-state index contributed by atoms with van der Waals surface area (Å²) in [7, 11) is -3.71. The minimum atomic E-state index is -3.71. The van der Waals surface area contributed by atoms with Gasteiger partial charge in [-0.15, -0.1) is 0 Å². The van der Waals surface area contributed by atoms with Crippen LogP contribution in [0.25, 0.3) is 5.69 Å². The van der Waals surface area contributed by atoms with Gasteiger partial charge in [0.15, 0.2) is 0 Å². The minimum Gasteiger partial charge on any atom is -0.279 e. The quantitative estimate of drug-likeness (QED) is 0.756. The molecule has 0 radical (unpaired) electrons. The molecule has 3 aromatic rings. The van der Waals surface area contributed by atoms with Crippen molar-refractivity contribution in [2.45, 2.75) is 18.7 Å². The van der Waals surface area contributed by atoms with Gasteiger partial charge >= 0.3 is 5.69 Å². The van der Waals surface area contributed by atoms with Crippen molar-refractivity contribution in [1.82, 2.24) is 14.8 Å². The molecular formula is C16H16N4O3S. The molecular weight excluding hydrogens is 328 g/mol. The lowest BCUT2D eigenvalue weighted by atomic mass is 10.1. The van der Waals surface area contributed by atoms with Gasteiger partial charge in [0, 0.05) is 0 Å². The second-order valence-electron chi connectivity index (χ2n) is 5.40. The highest BCUT2D eigenvalue weighted by atomic mass is 32.2. The fraction of sp³-hybridized carbons (Fsp3) is 0.125. The Morgan fingerprint density at radius 3 is 2.42 bits per heavy atom. The van der Waals surface area contributed by atoms with E-state index in [2.05, 4.69) is 14.9 Å². The van der Waals surface area contributed by atoms with Crippen LogP contribution >= 0.6 is 0 Å². The predicted octanol–water partition coefficient (Wildman–Crippen LogP) is 1.98. The van der Waals surface area contributed by atoms with Gasteiger partial charge in [-0.25, -0.2) is 22.9 Å². The van der Waals surface area contributed by atoms with Crippen molar-refractivity contribution in [3.05, 3.63) is 70.4 Å². The van der Waals surface area contributed by atoms with Crippen molar-refractivity contribution in [1.29, 1.82) is 0 Å². The van der Waals surface area contributed by atoms with Gasteiger partial charge in [0.1, 0.15) is 6.33 Å². The number of H-pyrrole nitrogens is 1. The van der Waals surface area contributed by atoms with E-state index >= 15 is 0 Å². The van der Waals surface area contributed by atoms with E-state index in [1.807, 2.05) is 6.92 Å². The first-order chi connectivity index (χ1) is 11.4. The van der Waals surface area contributed by atoms with E-state index in [4.69, 9.17) is 0 Å². The normalized spacial score (nSPS) is 11.4. The summed E-state index contributed by atoms with van der Waals surface area (Å²) in [5, 5.41) is 6.00. The molecule has 0 spiro atoms. The Labute approximate surface area is 139 Å². The van der Waals surface area contributed by atoms with Crippen molar-refractivity contribution in [2.24, 2.45) is 0 Å². The number of aromatic nitrogens is 3. The largest absolute Gasteiger partial charge is 0.347 e. The van der Waals surface area contributed by atoms with E-state index in [-0.39, 0.29) is 4.90 Å². The van der Waals surface area contributed by atoms with Crippen LogP contribution in [0.15, 0.2) is 58.5 Å². The van der Waals surface area contributed by atoms with Gasteiger partial charge in [0.05, 0.1) is 16.3 Å². The molecule has 0 fully saturated rings. The van der Waals surface area contributed by atoms with Crippen molar-refractivity contribution in [3.8, 4) is 5.69 Å². The molecule has 0 atom stereocenters. The monoisotopic (exact) mass is 344 g/mol. The van der Waals surface area contributed by atoms with Crippen LogP contribution < -0.4 is 10.4 Å². The molecule has 0 aliphatic rings. The van der Waals surface area contributed by atoms with E-state index in [1.165, 1.54) is 10.9 Å². The third-order valence-electron chi connectivity index (χ3n) is 3.69. The highest BCUT2D eigenvalue weighted by Gasteiger charge is 2.16. The fourth-order valence-electron chi connectivity index (χ4n) is 2.34. The lowest BCUT2D eigenvalue weighted by Gasteiger charge is -2.13. The molecule has 0 unspecified atom stereocenters. The van der Waals surface area contributed by atoms with Gasteiger partial charge in [-0.2, -0.15) is 5.10 Å². The number of nitrogens with one attached hydrogen (secondary N) is 2. The average Bonchev–Trinajstić information content (AvgIpc) is 2.96. The molecule has 2 aromatic carbocycles. The first-order valence-corrected chi connectivity index (χ1v) is 8.68. The molecule has 124 valence electrons. The van der Waals surface area contributed by atoms with E-state index < -0.39 is 15.7 Å². The summed E-state index contributed by atoms with van der Waals surface area (Å²) < 4.78 is 29.0. The lowest BCUT2D eigenvalue weighted by molar-refractivity contribution is 0.601. The van der Waals surface area contributed by atoms with Crippen LogP contribution in [0.4, 0.5) is 5.69 Å². The molecule has 1 heterocycles. The zero-order valence-corrected chi connectivity index (χ0v) is 14.0. The molecule has 0 aliphatic carbocycles. The smallest absolute Gasteiger partial charge is 0.279 e.